The highest BCUT2D eigenvalue weighted by molar-refractivity contribution is 7.91. The number of anilines is 1. The average Bonchev–Trinajstić information content (AvgIpc) is 3.04. The summed E-state index contributed by atoms with van der Waals surface area (Å²) in [5.41, 5.74) is 1.82. The van der Waals surface area contributed by atoms with Crippen LogP contribution in [-0.4, -0.2) is 24.9 Å². The molecule has 0 amide bonds. The van der Waals surface area contributed by atoms with Crippen molar-refractivity contribution in [2.24, 2.45) is 0 Å². The molecule has 2 heterocycles. The molecule has 0 spiro atoms. The first-order valence-electron chi connectivity index (χ1n) is 6.66. The number of thiazole rings is 1. The predicted molar refractivity (Wildman–Crippen MR) is 81.9 cm³/mol. The average molecular weight is 326 g/mol. The van der Waals surface area contributed by atoms with Gasteiger partial charge in [0.25, 0.3) is 0 Å². The Labute approximate surface area is 127 Å². The van der Waals surface area contributed by atoms with Gasteiger partial charge in [0.1, 0.15) is 5.82 Å². The minimum absolute atomic E-state index is 0.0209. The fourth-order valence-corrected chi connectivity index (χ4v) is 4.91. The SMILES string of the molecule is O=S1(=O)CC[C@@H](c2csc(NCc3ccc(F)cc3)n2)C1. The van der Waals surface area contributed by atoms with Crippen molar-refractivity contribution < 1.29 is 12.8 Å². The van der Waals surface area contributed by atoms with Gasteiger partial charge in [0.15, 0.2) is 15.0 Å². The molecule has 1 aliphatic rings. The van der Waals surface area contributed by atoms with E-state index < -0.39 is 9.84 Å². The summed E-state index contributed by atoms with van der Waals surface area (Å²) in [6.07, 6.45) is 0.656. The molecule has 1 aliphatic heterocycles. The van der Waals surface area contributed by atoms with Crippen LogP contribution in [0, 0.1) is 5.82 Å². The summed E-state index contributed by atoms with van der Waals surface area (Å²) in [4.78, 5) is 4.46. The van der Waals surface area contributed by atoms with E-state index in [4.69, 9.17) is 0 Å². The number of nitrogens with one attached hydrogen (secondary N) is 1. The van der Waals surface area contributed by atoms with Gasteiger partial charge in [-0.05, 0) is 24.1 Å². The molecule has 1 aromatic heterocycles. The lowest BCUT2D eigenvalue weighted by Gasteiger charge is -2.04. The molecule has 1 atom stereocenters. The van der Waals surface area contributed by atoms with Gasteiger partial charge in [-0.1, -0.05) is 12.1 Å². The number of hydrogen-bond donors (Lipinski definition) is 1. The summed E-state index contributed by atoms with van der Waals surface area (Å²) in [5.74, 6) is 0.229. The van der Waals surface area contributed by atoms with Crippen molar-refractivity contribution in [3.05, 3.63) is 46.7 Å². The maximum Gasteiger partial charge on any atom is 0.183 e. The van der Waals surface area contributed by atoms with E-state index in [-0.39, 0.29) is 23.2 Å². The highest BCUT2D eigenvalue weighted by atomic mass is 32.2. The lowest BCUT2D eigenvalue weighted by Crippen LogP contribution is -2.04. The van der Waals surface area contributed by atoms with Gasteiger partial charge in [0.05, 0.1) is 17.2 Å². The minimum atomic E-state index is -2.88. The van der Waals surface area contributed by atoms with Crippen LogP contribution in [0.1, 0.15) is 23.6 Å². The second kappa shape index (κ2) is 5.73. The third-order valence-electron chi connectivity index (χ3n) is 3.53. The Morgan fingerprint density at radius 2 is 2.10 bits per heavy atom. The molecule has 1 N–H and O–H groups in total. The Morgan fingerprint density at radius 1 is 1.33 bits per heavy atom. The van der Waals surface area contributed by atoms with Crippen molar-refractivity contribution in [2.45, 2.75) is 18.9 Å². The molecule has 0 saturated carbocycles. The molecule has 0 bridgehead atoms. The fraction of sp³-hybridized carbons (Fsp3) is 0.357. The molecule has 1 fully saturated rings. The number of aromatic nitrogens is 1. The van der Waals surface area contributed by atoms with Crippen molar-refractivity contribution >= 4 is 26.3 Å². The van der Waals surface area contributed by atoms with E-state index in [0.717, 1.165) is 16.4 Å². The van der Waals surface area contributed by atoms with Gasteiger partial charge >= 0.3 is 0 Å². The van der Waals surface area contributed by atoms with E-state index in [1.807, 2.05) is 5.38 Å². The van der Waals surface area contributed by atoms with Crippen LogP contribution in [0.3, 0.4) is 0 Å². The monoisotopic (exact) mass is 326 g/mol. The van der Waals surface area contributed by atoms with Gasteiger partial charge < -0.3 is 5.32 Å². The largest absolute Gasteiger partial charge is 0.357 e. The Kier molecular flexibility index (Phi) is 3.95. The van der Waals surface area contributed by atoms with Crippen LogP contribution in [0.15, 0.2) is 29.6 Å². The first kappa shape index (κ1) is 14.5. The van der Waals surface area contributed by atoms with Crippen LogP contribution < -0.4 is 5.32 Å². The Morgan fingerprint density at radius 3 is 2.76 bits per heavy atom. The summed E-state index contributed by atoms with van der Waals surface area (Å²) >= 11 is 1.47. The molecule has 1 saturated heterocycles. The van der Waals surface area contributed by atoms with Gasteiger partial charge in [-0.2, -0.15) is 0 Å². The molecule has 21 heavy (non-hydrogen) atoms. The number of benzene rings is 1. The van der Waals surface area contributed by atoms with E-state index in [1.165, 1.54) is 23.5 Å². The van der Waals surface area contributed by atoms with Gasteiger partial charge in [-0.15, -0.1) is 11.3 Å². The van der Waals surface area contributed by atoms with E-state index in [2.05, 4.69) is 10.3 Å². The number of nitrogens with zero attached hydrogens (tertiary/aromatic N) is 1. The topological polar surface area (TPSA) is 59.1 Å². The quantitative estimate of drug-likeness (QED) is 0.938. The molecule has 2 aromatic rings. The van der Waals surface area contributed by atoms with Crippen LogP contribution in [0.4, 0.5) is 9.52 Å². The molecule has 7 heteroatoms. The standard InChI is InChI=1S/C14H15FN2O2S2/c15-12-3-1-10(2-4-12)7-16-14-17-13(8-20-14)11-5-6-21(18,19)9-11/h1-4,8,11H,5-7,9H2,(H,16,17)/t11-/m1/s1. The predicted octanol–water partition coefficient (Wildman–Crippen LogP) is 2.80. The maximum absolute atomic E-state index is 12.8. The highest BCUT2D eigenvalue weighted by Gasteiger charge is 2.30. The van der Waals surface area contributed by atoms with Crippen LogP contribution >= 0.6 is 11.3 Å². The summed E-state index contributed by atoms with van der Waals surface area (Å²) < 4.78 is 35.8. The maximum atomic E-state index is 12.8. The third kappa shape index (κ3) is 3.59. The Hall–Kier alpha value is -1.47. The molecule has 0 aliphatic carbocycles. The number of hydrogen-bond acceptors (Lipinski definition) is 5. The first-order valence-corrected chi connectivity index (χ1v) is 9.36. The minimum Gasteiger partial charge on any atom is -0.357 e. The van der Waals surface area contributed by atoms with Gasteiger partial charge in [-0.3, -0.25) is 0 Å². The summed E-state index contributed by atoms with van der Waals surface area (Å²) in [5, 5.41) is 5.86. The molecule has 0 radical (unpaired) electrons. The fourth-order valence-electron chi connectivity index (χ4n) is 2.36. The second-order valence-electron chi connectivity index (χ2n) is 5.16. The molecule has 3 rings (SSSR count). The van der Waals surface area contributed by atoms with Crippen molar-refractivity contribution in [2.75, 3.05) is 16.8 Å². The molecule has 0 unspecified atom stereocenters. The second-order valence-corrected chi connectivity index (χ2v) is 8.24. The summed E-state index contributed by atoms with van der Waals surface area (Å²) in [6, 6.07) is 6.29. The van der Waals surface area contributed by atoms with Crippen molar-refractivity contribution in [3.63, 3.8) is 0 Å². The molecule has 1 aromatic carbocycles. The van der Waals surface area contributed by atoms with Gasteiger partial charge in [-0.25, -0.2) is 17.8 Å². The van der Waals surface area contributed by atoms with Crippen molar-refractivity contribution in [3.8, 4) is 0 Å². The lowest BCUT2D eigenvalue weighted by molar-refractivity contribution is 0.601. The van der Waals surface area contributed by atoms with Gasteiger partial charge in [0, 0.05) is 17.8 Å². The van der Waals surface area contributed by atoms with Gasteiger partial charge in [0.2, 0.25) is 0 Å². The number of rotatable bonds is 4. The number of sulfone groups is 1. The molecular weight excluding hydrogens is 311 g/mol. The van der Waals surface area contributed by atoms with Crippen LogP contribution in [0.25, 0.3) is 0 Å². The van der Waals surface area contributed by atoms with Crippen LogP contribution in [-0.2, 0) is 16.4 Å². The molecule has 112 valence electrons. The third-order valence-corrected chi connectivity index (χ3v) is 6.12. The van der Waals surface area contributed by atoms with E-state index >= 15 is 0 Å². The van der Waals surface area contributed by atoms with Crippen LogP contribution in [0.5, 0.6) is 0 Å². The lowest BCUT2D eigenvalue weighted by atomic mass is 10.1. The summed E-state index contributed by atoms with van der Waals surface area (Å²) in [7, 11) is -2.88. The van der Waals surface area contributed by atoms with E-state index in [1.54, 1.807) is 12.1 Å². The van der Waals surface area contributed by atoms with Crippen LogP contribution in [0.2, 0.25) is 0 Å². The number of halogens is 1. The molecular formula is C14H15FN2O2S2. The Balaban J connectivity index is 1.62. The Bertz CT molecular complexity index is 726. The van der Waals surface area contributed by atoms with Crippen molar-refractivity contribution in [1.82, 2.24) is 4.98 Å². The smallest absolute Gasteiger partial charge is 0.183 e. The highest BCUT2D eigenvalue weighted by Crippen LogP contribution is 2.31. The normalized spacial score (nSPS) is 20.5. The zero-order valence-corrected chi connectivity index (χ0v) is 12.9. The van der Waals surface area contributed by atoms with E-state index in [9.17, 15) is 12.8 Å². The van der Waals surface area contributed by atoms with Crippen molar-refractivity contribution in [1.29, 1.82) is 0 Å². The zero-order chi connectivity index (χ0) is 14.9. The zero-order valence-electron chi connectivity index (χ0n) is 11.3. The first-order chi connectivity index (χ1) is 10.0. The van der Waals surface area contributed by atoms with E-state index in [0.29, 0.717) is 13.0 Å². The summed E-state index contributed by atoms with van der Waals surface area (Å²) in [6.45, 7) is 0.566. The molecule has 4 nitrogen and oxygen atoms in total.